The highest BCUT2D eigenvalue weighted by atomic mass is 16.5. The molecule has 0 aliphatic heterocycles. The number of hydrogen-bond acceptors (Lipinski definition) is 7. The largest absolute Gasteiger partial charge is 0.465 e. The van der Waals surface area contributed by atoms with Crippen molar-refractivity contribution < 1.29 is 18.8 Å². The number of hydrogen-bond donors (Lipinski definition) is 1. The lowest BCUT2D eigenvalue weighted by Crippen LogP contribution is -2.09. The molecule has 0 radical (unpaired) electrons. The van der Waals surface area contributed by atoms with E-state index in [0.29, 0.717) is 47.1 Å². The van der Waals surface area contributed by atoms with Crippen LogP contribution >= 0.6 is 0 Å². The van der Waals surface area contributed by atoms with Crippen LogP contribution in [-0.2, 0) is 11.3 Å². The fourth-order valence-corrected chi connectivity index (χ4v) is 4.11. The number of imidazole rings is 1. The fraction of sp³-hybridized carbons (Fsp3) is 0.154. The van der Waals surface area contributed by atoms with Crippen molar-refractivity contribution in [2.24, 2.45) is 0 Å². The van der Waals surface area contributed by atoms with Gasteiger partial charge < -0.3 is 9.47 Å². The lowest BCUT2D eigenvalue weighted by atomic mass is 9.97. The van der Waals surface area contributed by atoms with Gasteiger partial charge in [-0.3, -0.25) is 14.1 Å². The zero-order chi connectivity index (χ0) is 24.4. The summed E-state index contributed by atoms with van der Waals surface area (Å²) in [6, 6.07) is 21.3. The lowest BCUT2D eigenvalue weighted by molar-refractivity contribution is 0.0602. The number of carbonyl (C=O) groups excluding carboxylic acids is 1. The molecule has 5 rings (SSSR count). The third kappa shape index (κ3) is 4.19. The Morgan fingerprint density at radius 2 is 1.89 bits per heavy atom. The van der Waals surface area contributed by atoms with Gasteiger partial charge in [-0.2, -0.15) is 4.98 Å². The summed E-state index contributed by atoms with van der Waals surface area (Å²) in [7, 11) is 1.35. The Morgan fingerprint density at radius 3 is 2.60 bits per heavy atom. The van der Waals surface area contributed by atoms with Gasteiger partial charge in [0.05, 0.1) is 36.9 Å². The van der Waals surface area contributed by atoms with E-state index in [1.165, 1.54) is 7.11 Å². The van der Waals surface area contributed by atoms with Crippen LogP contribution in [0.3, 0.4) is 0 Å². The van der Waals surface area contributed by atoms with Crippen molar-refractivity contribution in [2.75, 3.05) is 13.7 Å². The molecule has 0 unspecified atom stereocenters. The van der Waals surface area contributed by atoms with Gasteiger partial charge >= 0.3 is 11.7 Å². The Morgan fingerprint density at radius 1 is 1.06 bits per heavy atom. The first-order valence-electron chi connectivity index (χ1n) is 11.0. The second kappa shape index (κ2) is 9.30. The molecule has 0 aliphatic rings. The van der Waals surface area contributed by atoms with Gasteiger partial charge in [0, 0.05) is 5.56 Å². The van der Waals surface area contributed by atoms with Gasteiger partial charge in [0.25, 0.3) is 6.01 Å². The summed E-state index contributed by atoms with van der Waals surface area (Å²) in [6.45, 7) is 2.64. The van der Waals surface area contributed by atoms with Crippen LogP contribution in [0.25, 0.3) is 33.5 Å². The van der Waals surface area contributed by atoms with Gasteiger partial charge in [0.2, 0.25) is 0 Å². The minimum atomic E-state index is -0.633. The number of carbonyl (C=O) groups is 1. The highest BCUT2D eigenvalue weighted by molar-refractivity contribution is 6.02. The third-order valence-electron chi connectivity index (χ3n) is 5.62. The summed E-state index contributed by atoms with van der Waals surface area (Å²) in [5.74, 6) is -0.766. The number of rotatable bonds is 7. The number of nitrogens with zero attached hydrogens (tertiary/aromatic N) is 3. The van der Waals surface area contributed by atoms with Crippen LogP contribution in [0.5, 0.6) is 6.01 Å². The smallest absolute Gasteiger partial charge is 0.439 e. The van der Waals surface area contributed by atoms with Gasteiger partial charge in [-0.25, -0.2) is 9.59 Å². The second-order valence-corrected chi connectivity index (χ2v) is 7.77. The molecule has 176 valence electrons. The molecule has 0 spiro atoms. The van der Waals surface area contributed by atoms with E-state index >= 15 is 0 Å². The number of para-hydroxylation sites is 1. The predicted octanol–water partition coefficient (Wildman–Crippen LogP) is 4.28. The standard InChI is InChI=1S/C26H22N4O5/c1-3-34-25-27-21-11-7-10-19(24(31)33-2)22(21)30(25)15-16-12-13-18(17-8-5-4-6-9-17)20(14-16)23-28-26(32)35-29-23/h4-14H,3,15H2,1-2H3,(H,28,29,32). The number of aromatic amines is 1. The van der Waals surface area contributed by atoms with Crippen LogP contribution < -0.4 is 10.5 Å². The van der Waals surface area contributed by atoms with Crippen LogP contribution in [0.4, 0.5) is 0 Å². The van der Waals surface area contributed by atoms with Crippen LogP contribution in [-0.4, -0.2) is 39.4 Å². The van der Waals surface area contributed by atoms with E-state index in [1.807, 2.05) is 66.1 Å². The molecule has 0 saturated heterocycles. The molecule has 35 heavy (non-hydrogen) atoms. The maximum atomic E-state index is 12.5. The Hall–Kier alpha value is -4.66. The van der Waals surface area contributed by atoms with Crippen LogP contribution in [0, 0.1) is 0 Å². The molecule has 9 heteroatoms. The highest BCUT2D eigenvalue weighted by Crippen LogP contribution is 2.32. The molecular weight excluding hydrogens is 448 g/mol. The molecule has 2 aromatic heterocycles. The van der Waals surface area contributed by atoms with Crippen molar-refractivity contribution in [3.05, 3.63) is 88.4 Å². The molecule has 5 aromatic rings. The van der Waals surface area contributed by atoms with Crippen molar-refractivity contribution in [1.29, 1.82) is 0 Å². The average molecular weight is 470 g/mol. The average Bonchev–Trinajstić information content (AvgIpc) is 3.47. The zero-order valence-corrected chi connectivity index (χ0v) is 19.1. The molecule has 0 aliphatic carbocycles. The van der Waals surface area contributed by atoms with E-state index in [1.54, 1.807) is 12.1 Å². The number of benzene rings is 3. The number of fused-ring (bicyclic) bond motifs is 1. The van der Waals surface area contributed by atoms with Crippen LogP contribution in [0.2, 0.25) is 0 Å². The molecule has 0 bridgehead atoms. The highest BCUT2D eigenvalue weighted by Gasteiger charge is 2.20. The van der Waals surface area contributed by atoms with Crippen LogP contribution in [0.15, 0.2) is 76.0 Å². The molecule has 3 aromatic carbocycles. The SMILES string of the molecule is CCOc1nc2cccc(C(=O)OC)c2n1Cc1ccc(-c2ccccc2)c(-c2noc(=O)[nH]2)c1. The fourth-order valence-electron chi connectivity index (χ4n) is 4.11. The quantitative estimate of drug-likeness (QED) is 0.353. The van der Waals surface area contributed by atoms with Gasteiger partial charge in [0.15, 0.2) is 5.82 Å². The first-order valence-corrected chi connectivity index (χ1v) is 11.0. The van der Waals surface area contributed by atoms with E-state index in [0.717, 1.165) is 16.7 Å². The zero-order valence-electron chi connectivity index (χ0n) is 19.1. The number of esters is 1. The topological polar surface area (TPSA) is 112 Å². The monoisotopic (exact) mass is 470 g/mol. The summed E-state index contributed by atoms with van der Waals surface area (Å²) in [6.07, 6.45) is 0. The summed E-state index contributed by atoms with van der Waals surface area (Å²) < 4.78 is 17.4. The van der Waals surface area contributed by atoms with Gasteiger partial charge in [-0.1, -0.05) is 53.7 Å². The predicted molar refractivity (Wildman–Crippen MR) is 129 cm³/mol. The Balaban J connectivity index is 1.66. The second-order valence-electron chi connectivity index (χ2n) is 7.77. The number of aromatic nitrogens is 4. The van der Waals surface area contributed by atoms with Crippen LogP contribution in [0.1, 0.15) is 22.8 Å². The molecule has 0 saturated carbocycles. The molecule has 0 atom stereocenters. The summed E-state index contributed by atoms with van der Waals surface area (Å²) in [4.78, 5) is 31.4. The molecule has 0 amide bonds. The molecular formula is C26H22N4O5. The van der Waals surface area contributed by atoms with E-state index < -0.39 is 11.7 Å². The lowest BCUT2D eigenvalue weighted by Gasteiger charge is -2.14. The van der Waals surface area contributed by atoms with Gasteiger partial charge in [-0.05, 0) is 41.8 Å². The number of ether oxygens (including phenoxy) is 2. The van der Waals surface area contributed by atoms with E-state index in [2.05, 4.69) is 15.1 Å². The number of nitrogens with one attached hydrogen (secondary N) is 1. The summed E-state index contributed by atoms with van der Waals surface area (Å²) in [5.41, 5.74) is 5.07. The molecule has 2 heterocycles. The van der Waals surface area contributed by atoms with E-state index in [9.17, 15) is 9.59 Å². The Labute approximate surface area is 199 Å². The Kier molecular flexibility index (Phi) is 5.88. The van der Waals surface area contributed by atoms with E-state index in [4.69, 9.17) is 14.0 Å². The van der Waals surface area contributed by atoms with Gasteiger partial charge in [-0.15, -0.1) is 0 Å². The van der Waals surface area contributed by atoms with Gasteiger partial charge in [0.1, 0.15) is 0 Å². The third-order valence-corrected chi connectivity index (χ3v) is 5.62. The van der Waals surface area contributed by atoms with E-state index in [-0.39, 0.29) is 0 Å². The first kappa shape index (κ1) is 22.1. The first-order chi connectivity index (χ1) is 17.1. The number of methoxy groups -OCH3 is 1. The minimum Gasteiger partial charge on any atom is -0.465 e. The normalized spacial score (nSPS) is 11.0. The molecule has 0 fully saturated rings. The maximum absolute atomic E-state index is 12.5. The van der Waals surface area contributed by atoms with Crippen molar-refractivity contribution >= 4 is 17.0 Å². The minimum absolute atomic E-state index is 0.325. The summed E-state index contributed by atoms with van der Waals surface area (Å²) >= 11 is 0. The summed E-state index contributed by atoms with van der Waals surface area (Å²) in [5, 5.41) is 3.91. The number of H-pyrrole nitrogens is 1. The van der Waals surface area contributed by atoms with Crippen molar-refractivity contribution in [1.82, 2.24) is 19.7 Å². The Bertz CT molecular complexity index is 1570. The van der Waals surface area contributed by atoms with Crippen molar-refractivity contribution in [3.63, 3.8) is 0 Å². The maximum Gasteiger partial charge on any atom is 0.439 e. The molecule has 9 nitrogen and oxygen atoms in total. The molecule has 1 N–H and O–H groups in total. The van der Waals surface area contributed by atoms with Crippen molar-refractivity contribution in [2.45, 2.75) is 13.5 Å². The van der Waals surface area contributed by atoms with Crippen molar-refractivity contribution in [3.8, 4) is 28.5 Å².